The summed E-state index contributed by atoms with van der Waals surface area (Å²) in [5, 5.41) is 4.05. The number of benzene rings is 2. The molecule has 0 radical (unpaired) electrons. The Morgan fingerprint density at radius 2 is 1.94 bits per heavy atom. The molecule has 2 aromatic carbocycles. The molecule has 0 unspecified atom stereocenters. The van der Waals surface area contributed by atoms with Gasteiger partial charge in [0, 0.05) is 29.2 Å². The monoisotopic (exact) mass is 419 g/mol. The van der Waals surface area contributed by atoms with E-state index < -0.39 is 5.54 Å². The van der Waals surface area contributed by atoms with E-state index in [1.54, 1.807) is 18.1 Å². The molecule has 1 aromatic heterocycles. The Bertz CT molecular complexity index is 1130. The number of hydrogen-bond donors (Lipinski definition) is 1. The maximum absolute atomic E-state index is 13.8. The van der Waals surface area contributed by atoms with Gasteiger partial charge >= 0.3 is 0 Å². The van der Waals surface area contributed by atoms with Gasteiger partial charge in [-0.2, -0.15) is 0 Å². The molecule has 3 aromatic rings. The first-order valence-electron chi connectivity index (χ1n) is 10.7. The lowest BCUT2D eigenvalue weighted by Gasteiger charge is -2.44. The summed E-state index contributed by atoms with van der Waals surface area (Å²) in [7, 11) is 1.59. The molecule has 0 spiro atoms. The highest BCUT2D eigenvalue weighted by molar-refractivity contribution is 6.14. The van der Waals surface area contributed by atoms with E-state index in [-0.39, 0.29) is 11.8 Å². The lowest BCUT2D eigenvalue weighted by atomic mass is 9.93. The Kier molecular flexibility index (Phi) is 5.48. The van der Waals surface area contributed by atoms with Crippen LogP contribution in [0.25, 0.3) is 10.9 Å². The van der Waals surface area contributed by atoms with Crippen molar-refractivity contribution in [1.82, 2.24) is 9.88 Å². The van der Waals surface area contributed by atoms with E-state index in [0.29, 0.717) is 36.1 Å². The number of nitrogens with one attached hydrogen (secondary N) is 1. The molecule has 6 heteroatoms. The predicted molar refractivity (Wildman–Crippen MR) is 123 cm³/mol. The number of hydrogen-bond acceptors (Lipinski definition) is 3. The van der Waals surface area contributed by atoms with Crippen LogP contribution in [0.15, 0.2) is 54.6 Å². The van der Waals surface area contributed by atoms with Crippen LogP contribution in [0.5, 0.6) is 5.75 Å². The maximum atomic E-state index is 13.8. The second-order valence-corrected chi connectivity index (χ2v) is 8.73. The number of ether oxygens (including phenoxy) is 1. The summed E-state index contributed by atoms with van der Waals surface area (Å²) < 4.78 is 7.34. The Labute approximate surface area is 182 Å². The van der Waals surface area contributed by atoms with Crippen LogP contribution in [-0.2, 0) is 11.3 Å². The van der Waals surface area contributed by atoms with E-state index in [2.05, 4.69) is 19.2 Å². The Balaban J connectivity index is 1.82. The summed E-state index contributed by atoms with van der Waals surface area (Å²) in [6.45, 7) is 7.03. The van der Waals surface area contributed by atoms with Gasteiger partial charge in [-0.3, -0.25) is 14.5 Å². The number of fused-ring (bicyclic) bond motifs is 3. The number of carbonyl (C=O) groups is 2. The number of para-hydroxylation sites is 1. The van der Waals surface area contributed by atoms with Gasteiger partial charge < -0.3 is 14.6 Å². The summed E-state index contributed by atoms with van der Waals surface area (Å²) in [4.78, 5) is 28.9. The number of rotatable bonds is 6. The molecular weight excluding hydrogens is 390 g/mol. The van der Waals surface area contributed by atoms with Crippen LogP contribution < -0.4 is 15.0 Å². The SMILES string of the molecule is COc1cccc(N2C(=O)c3cc4ccccc4n3C[C@]2(C)C(=O)NCCC(C)C)c1. The minimum absolute atomic E-state index is 0.159. The zero-order chi connectivity index (χ0) is 22.2. The third-order valence-corrected chi connectivity index (χ3v) is 6.00. The number of aromatic nitrogens is 1. The quantitative estimate of drug-likeness (QED) is 0.650. The molecule has 4 rings (SSSR count). The third kappa shape index (κ3) is 3.67. The van der Waals surface area contributed by atoms with Crippen molar-refractivity contribution >= 4 is 28.4 Å². The normalized spacial score (nSPS) is 18.4. The number of carbonyl (C=O) groups excluding carboxylic acids is 2. The van der Waals surface area contributed by atoms with Crippen LogP contribution >= 0.6 is 0 Å². The van der Waals surface area contributed by atoms with Crippen LogP contribution in [0.1, 0.15) is 37.7 Å². The maximum Gasteiger partial charge on any atom is 0.275 e. The Morgan fingerprint density at radius 3 is 2.68 bits per heavy atom. The van der Waals surface area contributed by atoms with Gasteiger partial charge in [0.2, 0.25) is 5.91 Å². The van der Waals surface area contributed by atoms with Crippen molar-refractivity contribution in [3.63, 3.8) is 0 Å². The number of nitrogens with zero attached hydrogens (tertiary/aromatic N) is 2. The molecule has 0 fully saturated rings. The van der Waals surface area contributed by atoms with Gasteiger partial charge in [0.05, 0.1) is 13.7 Å². The predicted octanol–water partition coefficient (Wildman–Crippen LogP) is 4.23. The van der Waals surface area contributed by atoms with E-state index >= 15 is 0 Å². The molecule has 0 aliphatic carbocycles. The van der Waals surface area contributed by atoms with Crippen molar-refractivity contribution < 1.29 is 14.3 Å². The van der Waals surface area contributed by atoms with Gasteiger partial charge in [0.15, 0.2) is 0 Å². The van der Waals surface area contributed by atoms with Gasteiger partial charge in [0.1, 0.15) is 17.0 Å². The van der Waals surface area contributed by atoms with Crippen LogP contribution in [0.3, 0.4) is 0 Å². The fourth-order valence-electron chi connectivity index (χ4n) is 4.27. The van der Waals surface area contributed by atoms with Gasteiger partial charge in [0.25, 0.3) is 5.91 Å². The number of amides is 2. The first kappa shape index (κ1) is 21.0. The molecule has 0 saturated carbocycles. The standard InChI is InChI=1S/C25H29N3O3/c1-17(2)12-13-26-24(30)25(3)16-27-21-11-6-5-8-18(21)14-22(27)23(29)28(25)19-9-7-10-20(15-19)31-4/h5-11,14-15,17H,12-13,16H2,1-4H3,(H,26,30)/t25-/m1/s1. The zero-order valence-electron chi connectivity index (χ0n) is 18.5. The second-order valence-electron chi connectivity index (χ2n) is 8.73. The molecule has 0 saturated heterocycles. The van der Waals surface area contributed by atoms with Crippen molar-refractivity contribution in [1.29, 1.82) is 0 Å². The number of anilines is 1. The summed E-state index contributed by atoms with van der Waals surface area (Å²) in [5.74, 6) is 0.763. The average Bonchev–Trinajstić information content (AvgIpc) is 3.12. The van der Waals surface area contributed by atoms with Crippen molar-refractivity contribution in [3.05, 3.63) is 60.3 Å². The van der Waals surface area contributed by atoms with Gasteiger partial charge in [-0.1, -0.05) is 38.1 Å². The molecule has 162 valence electrons. The summed E-state index contributed by atoms with van der Waals surface area (Å²) >= 11 is 0. The van der Waals surface area contributed by atoms with E-state index in [4.69, 9.17) is 4.74 Å². The highest BCUT2D eigenvalue weighted by atomic mass is 16.5. The molecule has 1 aliphatic heterocycles. The first-order chi connectivity index (χ1) is 14.8. The fraction of sp³-hybridized carbons (Fsp3) is 0.360. The molecule has 0 bridgehead atoms. The van der Waals surface area contributed by atoms with Gasteiger partial charge in [-0.15, -0.1) is 0 Å². The van der Waals surface area contributed by atoms with E-state index in [0.717, 1.165) is 17.3 Å². The molecule has 2 heterocycles. The van der Waals surface area contributed by atoms with E-state index in [9.17, 15) is 9.59 Å². The average molecular weight is 420 g/mol. The van der Waals surface area contributed by atoms with Crippen LogP contribution in [0.2, 0.25) is 0 Å². The van der Waals surface area contributed by atoms with Crippen molar-refractivity contribution in [2.24, 2.45) is 5.92 Å². The molecule has 31 heavy (non-hydrogen) atoms. The Morgan fingerprint density at radius 1 is 1.16 bits per heavy atom. The lowest BCUT2D eigenvalue weighted by Crippen LogP contribution is -2.64. The molecule has 6 nitrogen and oxygen atoms in total. The minimum atomic E-state index is -1.09. The molecule has 2 amide bonds. The second kappa shape index (κ2) is 8.10. The lowest BCUT2D eigenvalue weighted by molar-refractivity contribution is -0.126. The molecule has 1 atom stereocenters. The van der Waals surface area contributed by atoms with E-state index in [1.165, 1.54) is 0 Å². The third-order valence-electron chi connectivity index (χ3n) is 6.00. The van der Waals surface area contributed by atoms with Crippen LogP contribution in [0.4, 0.5) is 5.69 Å². The molecule has 1 aliphatic rings. The van der Waals surface area contributed by atoms with Gasteiger partial charge in [-0.25, -0.2) is 0 Å². The summed E-state index contributed by atoms with van der Waals surface area (Å²) in [6.07, 6.45) is 0.882. The fourth-order valence-corrected chi connectivity index (χ4v) is 4.27. The topological polar surface area (TPSA) is 63.6 Å². The summed E-state index contributed by atoms with van der Waals surface area (Å²) in [5.41, 5.74) is 1.09. The van der Waals surface area contributed by atoms with Gasteiger partial charge in [-0.05, 0) is 43.5 Å². The first-order valence-corrected chi connectivity index (χ1v) is 10.7. The molecule has 1 N–H and O–H groups in total. The minimum Gasteiger partial charge on any atom is -0.497 e. The molecular formula is C25H29N3O3. The van der Waals surface area contributed by atoms with Crippen molar-refractivity contribution in [2.45, 2.75) is 39.3 Å². The van der Waals surface area contributed by atoms with Crippen LogP contribution in [-0.4, -0.2) is 35.6 Å². The number of methoxy groups -OCH3 is 1. The summed E-state index contributed by atoms with van der Waals surface area (Å²) in [6, 6.07) is 17.1. The van der Waals surface area contributed by atoms with E-state index in [1.807, 2.05) is 60.0 Å². The largest absolute Gasteiger partial charge is 0.497 e. The zero-order valence-corrected chi connectivity index (χ0v) is 18.5. The van der Waals surface area contributed by atoms with Crippen molar-refractivity contribution in [2.75, 3.05) is 18.6 Å². The highest BCUT2D eigenvalue weighted by Crippen LogP contribution is 2.36. The van der Waals surface area contributed by atoms with Crippen LogP contribution in [0, 0.1) is 5.92 Å². The van der Waals surface area contributed by atoms with Crippen molar-refractivity contribution in [3.8, 4) is 5.75 Å². The Hall–Kier alpha value is -3.28. The highest BCUT2D eigenvalue weighted by Gasteiger charge is 2.48. The smallest absolute Gasteiger partial charge is 0.275 e.